The maximum Gasteiger partial charge on any atom is 0.226 e. The van der Waals surface area contributed by atoms with Gasteiger partial charge in [0.15, 0.2) is 11.5 Å². The van der Waals surface area contributed by atoms with Crippen molar-refractivity contribution in [3.63, 3.8) is 0 Å². The van der Waals surface area contributed by atoms with Gasteiger partial charge in [0, 0.05) is 13.1 Å². The quantitative estimate of drug-likeness (QED) is 0.859. The number of hydrogen-bond donors (Lipinski definition) is 1. The molecule has 2 aromatic heterocycles. The van der Waals surface area contributed by atoms with E-state index in [4.69, 9.17) is 11.6 Å². The molecule has 0 bridgehead atoms. The zero-order chi connectivity index (χ0) is 13.4. The average Bonchev–Trinajstić information content (AvgIpc) is 2.85. The van der Waals surface area contributed by atoms with E-state index >= 15 is 0 Å². The molecule has 0 radical (unpaired) electrons. The Morgan fingerprint density at radius 1 is 1.37 bits per heavy atom. The van der Waals surface area contributed by atoms with Crippen molar-refractivity contribution in [2.75, 3.05) is 11.9 Å². The van der Waals surface area contributed by atoms with Crippen molar-refractivity contribution in [1.82, 2.24) is 19.9 Å². The Kier molecular flexibility index (Phi) is 3.31. The van der Waals surface area contributed by atoms with Crippen LogP contribution >= 0.6 is 11.6 Å². The van der Waals surface area contributed by atoms with Crippen LogP contribution in [0.15, 0.2) is 6.33 Å². The maximum absolute atomic E-state index is 5.99. The third-order valence-corrected chi connectivity index (χ3v) is 4.20. The van der Waals surface area contributed by atoms with Gasteiger partial charge in [0.1, 0.15) is 5.52 Å². The number of fused-ring (bicyclic) bond motifs is 1. The molecule has 102 valence electrons. The van der Waals surface area contributed by atoms with Gasteiger partial charge < -0.3 is 9.88 Å². The molecule has 1 saturated carbocycles. The molecule has 1 N–H and O–H groups in total. The van der Waals surface area contributed by atoms with Gasteiger partial charge in [-0.2, -0.15) is 9.97 Å². The molecule has 1 aliphatic carbocycles. The van der Waals surface area contributed by atoms with Crippen LogP contribution in [-0.4, -0.2) is 33.0 Å². The lowest BCUT2D eigenvalue weighted by molar-refractivity contribution is 0.336. The predicted octanol–water partition coefficient (Wildman–Crippen LogP) is 3.02. The third kappa shape index (κ3) is 2.39. The van der Waals surface area contributed by atoms with E-state index < -0.39 is 0 Å². The Balaban J connectivity index is 1.96. The molecule has 2 heterocycles. The summed E-state index contributed by atoms with van der Waals surface area (Å²) in [5.74, 6) is 1.63. The monoisotopic (exact) mass is 279 g/mol. The minimum Gasteiger partial charge on any atom is -0.355 e. The van der Waals surface area contributed by atoms with Crippen LogP contribution in [0.3, 0.4) is 0 Å². The first-order valence-corrected chi connectivity index (χ1v) is 7.12. The van der Waals surface area contributed by atoms with E-state index in [1.165, 1.54) is 25.7 Å². The molecule has 3 rings (SSSR count). The Labute approximate surface area is 117 Å². The summed E-state index contributed by atoms with van der Waals surface area (Å²) in [6.45, 7) is 2.32. The van der Waals surface area contributed by atoms with Gasteiger partial charge in [0.25, 0.3) is 0 Å². The minimum atomic E-state index is 0.255. The van der Waals surface area contributed by atoms with Crippen LogP contribution in [-0.2, 0) is 0 Å². The van der Waals surface area contributed by atoms with Crippen LogP contribution in [0.5, 0.6) is 0 Å². The number of aromatic nitrogens is 4. The van der Waals surface area contributed by atoms with E-state index in [0.717, 1.165) is 17.3 Å². The van der Waals surface area contributed by atoms with Gasteiger partial charge >= 0.3 is 0 Å². The molecular formula is C13H18ClN5. The normalized spacial score (nSPS) is 23.7. The van der Waals surface area contributed by atoms with Crippen molar-refractivity contribution < 1.29 is 0 Å². The van der Waals surface area contributed by atoms with Gasteiger partial charge in [-0.3, -0.25) is 0 Å². The van der Waals surface area contributed by atoms with Crippen LogP contribution in [0, 0.1) is 5.92 Å². The highest BCUT2D eigenvalue weighted by atomic mass is 35.5. The lowest BCUT2D eigenvalue weighted by Gasteiger charge is -2.34. The van der Waals surface area contributed by atoms with Crippen LogP contribution in [0.4, 0.5) is 5.82 Å². The number of H-pyrrole nitrogens is 1. The first-order chi connectivity index (χ1) is 9.15. The van der Waals surface area contributed by atoms with E-state index in [2.05, 4.69) is 38.8 Å². The van der Waals surface area contributed by atoms with Crippen molar-refractivity contribution in [2.45, 2.75) is 38.6 Å². The predicted molar refractivity (Wildman–Crippen MR) is 76.5 cm³/mol. The van der Waals surface area contributed by atoms with Crippen LogP contribution in [0.2, 0.25) is 5.28 Å². The van der Waals surface area contributed by atoms with Gasteiger partial charge in [-0.05, 0) is 30.4 Å². The number of anilines is 1. The molecule has 0 spiro atoms. The van der Waals surface area contributed by atoms with Gasteiger partial charge in [-0.25, -0.2) is 4.98 Å². The fourth-order valence-corrected chi connectivity index (χ4v) is 3.13. The molecule has 2 atom stereocenters. The van der Waals surface area contributed by atoms with Crippen molar-refractivity contribution in [1.29, 1.82) is 0 Å². The van der Waals surface area contributed by atoms with E-state index in [0.29, 0.717) is 11.7 Å². The van der Waals surface area contributed by atoms with Crippen molar-refractivity contribution in [3.8, 4) is 0 Å². The molecule has 1 aliphatic rings. The second-order valence-electron chi connectivity index (χ2n) is 5.45. The van der Waals surface area contributed by atoms with E-state index in [1.807, 2.05) is 0 Å². The summed E-state index contributed by atoms with van der Waals surface area (Å²) in [6, 6.07) is 0.515. The van der Waals surface area contributed by atoms with Gasteiger partial charge in [0.2, 0.25) is 5.28 Å². The first-order valence-electron chi connectivity index (χ1n) is 6.74. The first kappa shape index (κ1) is 12.7. The Bertz CT molecular complexity index is 581. The molecule has 0 aromatic carbocycles. The second kappa shape index (κ2) is 4.96. The number of nitrogens with zero attached hydrogens (tertiary/aromatic N) is 4. The van der Waals surface area contributed by atoms with Crippen molar-refractivity contribution in [3.05, 3.63) is 11.6 Å². The summed E-state index contributed by atoms with van der Waals surface area (Å²) in [4.78, 5) is 18.0. The average molecular weight is 280 g/mol. The molecule has 1 fully saturated rings. The van der Waals surface area contributed by atoms with Crippen molar-refractivity contribution in [2.24, 2.45) is 5.92 Å². The highest BCUT2D eigenvalue weighted by Crippen LogP contribution is 2.31. The zero-order valence-electron chi connectivity index (χ0n) is 11.2. The fourth-order valence-electron chi connectivity index (χ4n) is 2.97. The molecule has 19 heavy (non-hydrogen) atoms. The number of hydrogen-bond acceptors (Lipinski definition) is 4. The van der Waals surface area contributed by atoms with E-state index in [9.17, 15) is 0 Å². The Morgan fingerprint density at radius 2 is 2.21 bits per heavy atom. The summed E-state index contributed by atoms with van der Waals surface area (Å²) in [5, 5.41) is 0.255. The molecule has 2 unspecified atom stereocenters. The SMILES string of the molecule is CC1CCCC(N(C)c2nc(Cl)nc3nc[nH]c23)C1. The lowest BCUT2D eigenvalue weighted by Crippen LogP contribution is -2.36. The lowest BCUT2D eigenvalue weighted by atomic mass is 9.86. The number of nitrogens with one attached hydrogen (secondary N) is 1. The molecule has 0 aliphatic heterocycles. The Hall–Kier alpha value is -1.36. The summed E-state index contributed by atoms with van der Waals surface area (Å²) >= 11 is 5.99. The minimum absolute atomic E-state index is 0.255. The standard InChI is InChI=1S/C13H18ClN5/c1-8-4-3-5-9(6-8)19(2)12-10-11(16-7-15-10)17-13(14)18-12/h7-9H,3-6H2,1-2H3,(H,15,16,17,18). The highest BCUT2D eigenvalue weighted by Gasteiger charge is 2.25. The summed E-state index contributed by atoms with van der Waals surface area (Å²) in [5.41, 5.74) is 1.50. The number of halogens is 1. The molecule has 0 saturated heterocycles. The number of imidazole rings is 1. The molecule has 6 heteroatoms. The molecule has 0 amide bonds. The summed E-state index contributed by atoms with van der Waals surface area (Å²) in [6.07, 6.45) is 6.65. The topological polar surface area (TPSA) is 57.7 Å². The smallest absolute Gasteiger partial charge is 0.226 e. The third-order valence-electron chi connectivity index (χ3n) is 4.03. The largest absolute Gasteiger partial charge is 0.355 e. The molecule has 2 aromatic rings. The second-order valence-corrected chi connectivity index (χ2v) is 5.79. The zero-order valence-corrected chi connectivity index (χ0v) is 12.0. The van der Waals surface area contributed by atoms with Crippen molar-refractivity contribution >= 4 is 28.6 Å². The van der Waals surface area contributed by atoms with Gasteiger partial charge in [-0.1, -0.05) is 19.8 Å². The van der Waals surface area contributed by atoms with Crippen LogP contribution < -0.4 is 4.90 Å². The van der Waals surface area contributed by atoms with Crippen LogP contribution in [0.25, 0.3) is 11.2 Å². The van der Waals surface area contributed by atoms with E-state index in [1.54, 1.807) is 6.33 Å². The highest BCUT2D eigenvalue weighted by molar-refractivity contribution is 6.28. The summed E-state index contributed by atoms with van der Waals surface area (Å²) < 4.78 is 0. The van der Waals surface area contributed by atoms with E-state index in [-0.39, 0.29) is 5.28 Å². The Morgan fingerprint density at radius 3 is 3.00 bits per heavy atom. The van der Waals surface area contributed by atoms with Crippen LogP contribution in [0.1, 0.15) is 32.6 Å². The fraction of sp³-hybridized carbons (Fsp3) is 0.615. The molecular weight excluding hydrogens is 262 g/mol. The number of rotatable bonds is 2. The van der Waals surface area contributed by atoms with Gasteiger partial charge in [0.05, 0.1) is 6.33 Å². The molecule has 5 nitrogen and oxygen atoms in total. The number of aromatic amines is 1. The summed E-state index contributed by atoms with van der Waals surface area (Å²) in [7, 11) is 2.08. The maximum atomic E-state index is 5.99. The van der Waals surface area contributed by atoms with Gasteiger partial charge in [-0.15, -0.1) is 0 Å².